The lowest BCUT2D eigenvalue weighted by molar-refractivity contribution is -0.126. The van der Waals surface area contributed by atoms with Crippen molar-refractivity contribution < 1.29 is 4.79 Å². The summed E-state index contributed by atoms with van der Waals surface area (Å²) >= 11 is 0. The molecule has 3 heteroatoms. The average molecular weight is 228 g/mol. The standard InChI is InChI=1S/C13H28N2O/c1-6-13(7-2,8-3)15-12(16)11(5)10-14-9-4/h11,14H,6-10H2,1-5H3,(H,15,16). The van der Waals surface area contributed by atoms with Crippen molar-refractivity contribution in [2.24, 2.45) is 5.92 Å². The van der Waals surface area contributed by atoms with Crippen LogP contribution in [0.25, 0.3) is 0 Å². The lowest BCUT2D eigenvalue weighted by Crippen LogP contribution is -2.50. The molecule has 1 unspecified atom stereocenters. The highest BCUT2D eigenvalue weighted by molar-refractivity contribution is 5.79. The molecule has 16 heavy (non-hydrogen) atoms. The fourth-order valence-electron chi connectivity index (χ4n) is 1.85. The zero-order chi connectivity index (χ0) is 12.6. The second-order valence-corrected chi connectivity index (χ2v) is 4.54. The van der Waals surface area contributed by atoms with Crippen LogP contribution in [0.15, 0.2) is 0 Å². The number of nitrogens with one attached hydrogen (secondary N) is 2. The largest absolute Gasteiger partial charge is 0.350 e. The van der Waals surface area contributed by atoms with Crippen LogP contribution in [0.5, 0.6) is 0 Å². The van der Waals surface area contributed by atoms with Crippen molar-refractivity contribution in [1.29, 1.82) is 0 Å². The van der Waals surface area contributed by atoms with E-state index in [1.165, 1.54) is 0 Å². The number of hydrogen-bond acceptors (Lipinski definition) is 2. The molecule has 0 saturated carbocycles. The molecule has 2 N–H and O–H groups in total. The minimum atomic E-state index is -0.00242. The molecular formula is C13H28N2O. The second-order valence-electron chi connectivity index (χ2n) is 4.54. The Balaban J connectivity index is 4.28. The highest BCUT2D eigenvalue weighted by Gasteiger charge is 2.27. The first-order valence-electron chi connectivity index (χ1n) is 6.57. The van der Waals surface area contributed by atoms with Crippen molar-refractivity contribution in [1.82, 2.24) is 10.6 Å². The Morgan fingerprint density at radius 3 is 2.00 bits per heavy atom. The maximum Gasteiger partial charge on any atom is 0.224 e. The van der Waals surface area contributed by atoms with Gasteiger partial charge in [0.05, 0.1) is 0 Å². The molecule has 1 atom stereocenters. The summed E-state index contributed by atoms with van der Waals surface area (Å²) in [6.45, 7) is 12.1. The molecule has 0 rings (SSSR count). The van der Waals surface area contributed by atoms with Gasteiger partial charge in [-0.2, -0.15) is 0 Å². The summed E-state index contributed by atoms with van der Waals surface area (Å²) in [4.78, 5) is 12.0. The average Bonchev–Trinajstić information content (AvgIpc) is 2.32. The Morgan fingerprint density at radius 2 is 1.62 bits per heavy atom. The van der Waals surface area contributed by atoms with Crippen molar-refractivity contribution in [3.63, 3.8) is 0 Å². The lowest BCUT2D eigenvalue weighted by atomic mass is 9.89. The van der Waals surface area contributed by atoms with Gasteiger partial charge in [-0.25, -0.2) is 0 Å². The lowest BCUT2D eigenvalue weighted by Gasteiger charge is -2.33. The zero-order valence-electron chi connectivity index (χ0n) is 11.5. The molecule has 0 aliphatic heterocycles. The molecule has 0 radical (unpaired) electrons. The summed E-state index contributed by atoms with van der Waals surface area (Å²) in [5, 5.41) is 6.42. The van der Waals surface area contributed by atoms with Gasteiger partial charge in [0.2, 0.25) is 5.91 Å². The molecule has 0 saturated heterocycles. The van der Waals surface area contributed by atoms with E-state index < -0.39 is 0 Å². The quantitative estimate of drug-likeness (QED) is 0.669. The van der Waals surface area contributed by atoms with Gasteiger partial charge in [-0.15, -0.1) is 0 Å². The molecule has 0 aromatic rings. The van der Waals surface area contributed by atoms with Crippen molar-refractivity contribution in [2.75, 3.05) is 13.1 Å². The first-order valence-corrected chi connectivity index (χ1v) is 6.57. The topological polar surface area (TPSA) is 41.1 Å². The summed E-state index contributed by atoms with van der Waals surface area (Å²) in [7, 11) is 0. The van der Waals surface area contributed by atoms with Gasteiger partial charge in [0.1, 0.15) is 0 Å². The molecule has 0 heterocycles. The minimum Gasteiger partial charge on any atom is -0.350 e. The van der Waals surface area contributed by atoms with E-state index in [2.05, 4.69) is 38.3 Å². The molecular weight excluding hydrogens is 200 g/mol. The summed E-state index contributed by atoms with van der Waals surface area (Å²) in [6, 6.07) is 0. The summed E-state index contributed by atoms with van der Waals surface area (Å²) in [5.41, 5.74) is -0.00242. The van der Waals surface area contributed by atoms with Gasteiger partial charge in [0.25, 0.3) is 0 Å². The number of hydrogen-bond donors (Lipinski definition) is 2. The number of rotatable bonds is 8. The number of carbonyl (C=O) groups is 1. The van der Waals surface area contributed by atoms with Crippen LogP contribution in [0.2, 0.25) is 0 Å². The van der Waals surface area contributed by atoms with Crippen LogP contribution >= 0.6 is 0 Å². The first-order chi connectivity index (χ1) is 7.55. The molecule has 3 nitrogen and oxygen atoms in total. The van der Waals surface area contributed by atoms with Crippen LogP contribution in [0.3, 0.4) is 0 Å². The SMILES string of the molecule is CCNCC(C)C(=O)NC(CC)(CC)CC. The molecule has 0 fully saturated rings. The van der Waals surface area contributed by atoms with Gasteiger partial charge in [0.15, 0.2) is 0 Å². The number of carbonyl (C=O) groups excluding carboxylic acids is 1. The van der Waals surface area contributed by atoms with Crippen LogP contribution in [0.4, 0.5) is 0 Å². The molecule has 0 aromatic heterocycles. The van der Waals surface area contributed by atoms with Gasteiger partial charge in [-0.05, 0) is 25.8 Å². The van der Waals surface area contributed by atoms with E-state index in [1.54, 1.807) is 0 Å². The fourth-order valence-corrected chi connectivity index (χ4v) is 1.85. The zero-order valence-corrected chi connectivity index (χ0v) is 11.5. The summed E-state index contributed by atoms with van der Waals surface area (Å²) in [5.74, 6) is 0.218. The van der Waals surface area contributed by atoms with Crippen molar-refractivity contribution in [3.8, 4) is 0 Å². The van der Waals surface area contributed by atoms with Gasteiger partial charge in [-0.1, -0.05) is 34.6 Å². The monoisotopic (exact) mass is 228 g/mol. The van der Waals surface area contributed by atoms with Gasteiger partial charge in [-0.3, -0.25) is 4.79 Å². The molecule has 0 aliphatic rings. The van der Waals surface area contributed by atoms with E-state index >= 15 is 0 Å². The smallest absolute Gasteiger partial charge is 0.224 e. The maximum absolute atomic E-state index is 12.0. The Kier molecular flexibility index (Phi) is 7.39. The van der Waals surface area contributed by atoms with Crippen molar-refractivity contribution in [2.45, 2.75) is 59.4 Å². The van der Waals surface area contributed by atoms with Crippen LogP contribution in [0.1, 0.15) is 53.9 Å². The summed E-state index contributed by atoms with van der Waals surface area (Å²) in [6.07, 6.45) is 3.00. The van der Waals surface area contributed by atoms with Crippen molar-refractivity contribution >= 4 is 5.91 Å². The van der Waals surface area contributed by atoms with E-state index in [4.69, 9.17) is 0 Å². The van der Waals surface area contributed by atoms with E-state index in [0.717, 1.165) is 32.4 Å². The summed E-state index contributed by atoms with van der Waals surface area (Å²) < 4.78 is 0. The maximum atomic E-state index is 12.0. The van der Waals surface area contributed by atoms with Gasteiger partial charge in [0, 0.05) is 18.0 Å². The Labute approximate surface area is 100 Å². The number of amides is 1. The highest BCUT2D eigenvalue weighted by atomic mass is 16.2. The predicted molar refractivity (Wildman–Crippen MR) is 69.5 cm³/mol. The van der Waals surface area contributed by atoms with E-state index in [9.17, 15) is 4.79 Å². The first kappa shape index (κ1) is 15.4. The van der Waals surface area contributed by atoms with E-state index in [1.807, 2.05) is 6.92 Å². The third-order valence-corrected chi connectivity index (χ3v) is 3.57. The molecule has 1 amide bonds. The predicted octanol–water partition coefficient (Wildman–Crippen LogP) is 2.32. The van der Waals surface area contributed by atoms with Crippen LogP contribution in [-0.2, 0) is 4.79 Å². The van der Waals surface area contributed by atoms with Crippen LogP contribution in [-0.4, -0.2) is 24.5 Å². The Hall–Kier alpha value is -0.570. The third-order valence-electron chi connectivity index (χ3n) is 3.57. The highest BCUT2D eigenvalue weighted by Crippen LogP contribution is 2.19. The molecule has 0 aromatic carbocycles. The van der Waals surface area contributed by atoms with E-state index in [-0.39, 0.29) is 17.4 Å². The van der Waals surface area contributed by atoms with Crippen LogP contribution < -0.4 is 10.6 Å². The van der Waals surface area contributed by atoms with Gasteiger partial charge < -0.3 is 10.6 Å². The second kappa shape index (κ2) is 7.66. The Morgan fingerprint density at radius 1 is 1.12 bits per heavy atom. The molecule has 0 aliphatic carbocycles. The molecule has 0 spiro atoms. The van der Waals surface area contributed by atoms with Gasteiger partial charge >= 0.3 is 0 Å². The van der Waals surface area contributed by atoms with Crippen molar-refractivity contribution in [3.05, 3.63) is 0 Å². The molecule has 96 valence electrons. The normalized spacial score (nSPS) is 13.6. The minimum absolute atomic E-state index is 0.00242. The van der Waals surface area contributed by atoms with Crippen LogP contribution in [0, 0.1) is 5.92 Å². The van der Waals surface area contributed by atoms with E-state index in [0.29, 0.717) is 0 Å². The fraction of sp³-hybridized carbons (Fsp3) is 0.923. The molecule has 0 bridgehead atoms. The third kappa shape index (κ3) is 4.52. The Bertz CT molecular complexity index is 192.